The molecule has 25 heavy (non-hydrogen) atoms. The zero-order chi connectivity index (χ0) is 18.3. The van der Waals surface area contributed by atoms with Gasteiger partial charge >= 0.3 is 0 Å². The minimum absolute atomic E-state index is 0.159. The fourth-order valence-corrected chi connectivity index (χ4v) is 4.22. The molecule has 1 saturated carbocycles. The Balaban J connectivity index is 1.77. The monoisotopic (exact) mass is 368 g/mol. The summed E-state index contributed by atoms with van der Waals surface area (Å²) in [4.78, 5) is 21.7. The molecule has 1 aliphatic carbocycles. The number of nitrogens with one attached hydrogen (secondary N) is 1. The Hall–Kier alpha value is -1.96. The number of benzene rings is 1. The molecule has 0 bridgehead atoms. The van der Waals surface area contributed by atoms with Gasteiger partial charge in [-0.3, -0.25) is 14.9 Å². The SMILES string of the molecule is O=C(CCCCC1CCCCC1)NS(=O)(=O)c1ccc([N+](=O)[O-])cc1. The number of hydrogen-bond donors (Lipinski definition) is 1. The maximum Gasteiger partial charge on any atom is 0.269 e. The van der Waals surface area contributed by atoms with Crippen LogP contribution < -0.4 is 4.72 Å². The first-order valence-electron chi connectivity index (χ1n) is 8.68. The molecule has 0 unspecified atom stereocenters. The summed E-state index contributed by atoms with van der Waals surface area (Å²) in [5, 5.41) is 10.6. The lowest BCUT2D eigenvalue weighted by atomic mass is 9.85. The van der Waals surface area contributed by atoms with E-state index in [9.17, 15) is 23.3 Å². The number of rotatable bonds is 8. The Bertz CT molecular complexity index is 694. The molecule has 1 aromatic carbocycles. The van der Waals surface area contributed by atoms with E-state index in [0.29, 0.717) is 6.42 Å². The Labute approximate surface area is 148 Å². The molecule has 0 radical (unpaired) electrons. The smallest absolute Gasteiger partial charge is 0.269 e. The minimum Gasteiger partial charge on any atom is -0.274 e. The molecule has 0 heterocycles. The summed E-state index contributed by atoms with van der Waals surface area (Å²) in [5.41, 5.74) is -0.201. The van der Waals surface area contributed by atoms with Crippen molar-refractivity contribution in [1.82, 2.24) is 4.72 Å². The Morgan fingerprint density at radius 2 is 1.76 bits per heavy atom. The van der Waals surface area contributed by atoms with Gasteiger partial charge in [0, 0.05) is 18.6 Å². The largest absolute Gasteiger partial charge is 0.274 e. The van der Waals surface area contributed by atoms with Crippen molar-refractivity contribution in [3.05, 3.63) is 34.4 Å². The zero-order valence-electron chi connectivity index (χ0n) is 14.1. The Kier molecular flexibility index (Phi) is 6.92. The second-order valence-electron chi connectivity index (χ2n) is 6.53. The fourth-order valence-electron chi connectivity index (χ4n) is 3.20. The van der Waals surface area contributed by atoms with Crippen LogP contribution >= 0.6 is 0 Å². The highest BCUT2D eigenvalue weighted by atomic mass is 32.2. The van der Waals surface area contributed by atoms with E-state index in [0.717, 1.165) is 43.0 Å². The Morgan fingerprint density at radius 3 is 2.36 bits per heavy atom. The first-order valence-corrected chi connectivity index (χ1v) is 10.2. The van der Waals surface area contributed by atoms with Gasteiger partial charge in [0.25, 0.3) is 15.7 Å². The lowest BCUT2D eigenvalue weighted by Gasteiger charge is -2.21. The number of amides is 1. The predicted molar refractivity (Wildman–Crippen MR) is 93.5 cm³/mol. The molecule has 2 rings (SSSR count). The van der Waals surface area contributed by atoms with Crippen LogP contribution in [0.25, 0.3) is 0 Å². The molecule has 1 N–H and O–H groups in total. The molecule has 7 nitrogen and oxygen atoms in total. The number of sulfonamides is 1. The number of carbonyl (C=O) groups is 1. The van der Waals surface area contributed by atoms with Gasteiger partial charge in [-0.1, -0.05) is 44.9 Å². The Morgan fingerprint density at radius 1 is 1.12 bits per heavy atom. The van der Waals surface area contributed by atoms with Crippen molar-refractivity contribution in [3.8, 4) is 0 Å². The van der Waals surface area contributed by atoms with Crippen LogP contribution in [0.3, 0.4) is 0 Å². The lowest BCUT2D eigenvalue weighted by molar-refractivity contribution is -0.384. The van der Waals surface area contributed by atoms with Gasteiger partial charge in [0.15, 0.2) is 0 Å². The summed E-state index contributed by atoms with van der Waals surface area (Å²) < 4.78 is 26.2. The molecule has 0 aliphatic heterocycles. The second kappa shape index (κ2) is 8.94. The van der Waals surface area contributed by atoms with Gasteiger partial charge in [0.05, 0.1) is 9.82 Å². The van der Waals surface area contributed by atoms with E-state index >= 15 is 0 Å². The molecule has 1 fully saturated rings. The van der Waals surface area contributed by atoms with Crippen LogP contribution in [0, 0.1) is 16.0 Å². The van der Waals surface area contributed by atoms with E-state index in [1.54, 1.807) is 0 Å². The summed E-state index contributed by atoms with van der Waals surface area (Å²) in [5.74, 6) is 0.211. The number of nitro groups is 1. The predicted octanol–water partition coefficient (Wildman–Crippen LogP) is 3.54. The lowest BCUT2D eigenvalue weighted by Crippen LogP contribution is -2.30. The van der Waals surface area contributed by atoms with Gasteiger partial charge < -0.3 is 0 Å². The third-order valence-corrected chi connectivity index (χ3v) is 5.99. The van der Waals surface area contributed by atoms with Crippen LogP contribution in [0.2, 0.25) is 0 Å². The second-order valence-corrected chi connectivity index (χ2v) is 8.21. The zero-order valence-corrected chi connectivity index (χ0v) is 15.0. The average molecular weight is 368 g/mol. The molecular weight excluding hydrogens is 344 g/mol. The van der Waals surface area contributed by atoms with Crippen LogP contribution in [0.1, 0.15) is 57.8 Å². The third kappa shape index (κ3) is 6.12. The molecule has 0 aromatic heterocycles. The highest BCUT2D eigenvalue weighted by Crippen LogP contribution is 2.27. The van der Waals surface area contributed by atoms with E-state index in [1.165, 1.54) is 32.1 Å². The molecule has 1 aliphatic rings. The molecule has 1 amide bonds. The topological polar surface area (TPSA) is 106 Å². The minimum atomic E-state index is -3.98. The van der Waals surface area contributed by atoms with Crippen LogP contribution in [0.15, 0.2) is 29.2 Å². The number of unbranched alkanes of at least 4 members (excludes halogenated alkanes) is 1. The number of non-ortho nitro benzene ring substituents is 1. The summed E-state index contributed by atoms with van der Waals surface area (Å²) in [7, 11) is -3.98. The molecule has 138 valence electrons. The van der Waals surface area contributed by atoms with Crippen molar-refractivity contribution >= 4 is 21.6 Å². The third-order valence-electron chi connectivity index (χ3n) is 4.60. The van der Waals surface area contributed by atoms with Gasteiger partial charge in [-0.05, 0) is 24.5 Å². The van der Waals surface area contributed by atoms with Crippen LogP contribution in [-0.4, -0.2) is 19.2 Å². The fraction of sp³-hybridized carbons (Fsp3) is 0.588. The van der Waals surface area contributed by atoms with E-state index in [4.69, 9.17) is 0 Å². The summed E-state index contributed by atoms with van der Waals surface area (Å²) >= 11 is 0. The van der Waals surface area contributed by atoms with E-state index < -0.39 is 20.9 Å². The number of hydrogen-bond acceptors (Lipinski definition) is 5. The van der Waals surface area contributed by atoms with E-state index in [-0.39, 0.29) is 17.0 Å². The molecule has 0 atom stereocenters. The van der Waals surface area contributed by atoms with Gasteiger partial charge in [-0.2, -0.15) is 0 Å². The van der Waals surface area contributed by atoms with Gasteiger partial charge in [0.2, 0.25) is 5.91 Å². The van der Waals surface area contributed by atoms with Crippen molar-refractivity contribution in [2.45, 2.75) is 62.7 Å². The van der Waals surface area contributed by atoms with E-state index in [2.05, 4.69) is 0 Å². The number of carbonyl (C=O) groups excluding carboxylic acids is 1. The highest BCUT2D eigenvalue weighted by Gasteiger charge is 2.19. The first-order chi connectivity index (χ1) is 11.9. The molecule has 8 heteroatoms. The van der Waals surface area contributed by atoms with Crippen LogP contribution in [0.4, 0.5) is 5.69 Å². The molecule has 0 spiro atoms. The van der Waals surface area contributed by atoms with Crippen molar-refractivity contribution in [2.24, 2.45) is 5.92 Å². The van der Waals surface area contributed by atoms with Crippen molar-refractivity contribution in [3.63, 3.8) is 0 Å². The van der Waals surface area contributed by atoms with Crippen LogP contribution in [-0.2, 0) is 14.8 Å². The molecular formula is C17H24N2O5S. The maximum absolute atomic E-state index is 12.1. The van der Waals surface area contributed by atoms with Crippen molar-refractivity contribution < 1.29 is 18.1 Å². The van der Waals surface area contributed by atoms with Gasteiger partial charge in [-0.15, -0.1) is 0 Å². The summed E-state index contributed by atoms with van der Waals surface area (Å²) in [6.07, 6.45) is 9.28. The van der Waals surface area contributed by atoms with Gasteiger partial charge in [-0.25, -0.2) is 13.1 Å². The van der Waals surface area contributed by atoms with Gasteiger partial charge in [0.1, 0.15) is 0 Å². The maximum atomic E-state index is 12.1. The van der Waals surface area contributed by atoms with Crippen molar-refractivity contribution in [2.75, 3.05) is 0 Å². The molecule has 1 aromatic rings. The highest BCUT2D eigenvalue weighted by molar-refractivity contribution is 7.90. The first kappa shape index (κ1) is 19.4. The van der Waals surface area contributed by atoms with E-state index in [1.807, 2.05) is 4.72 Å². The standard InChI is InChI=1S/C17H24N2O5S/c20-17(9-5-4-8-14-6-2-1-3-7-14)18-25(23,24)16-12-10-15(11-13-16)19(21)22/h10-14H,1-9H2,(H,18,20). The number of nitro benzene ring substituents is 1. The quantitative estimate of drug-likeness (QED) is 0.429. The number of nitrogens with zero attached hydrogens (tertiary/aromatic N) is 1. The average Bonchev–Trinajstić information content (AvgIpc) is 2.59. The van der Waals surface area contributed by atoms with Crippen LogP contribution in [0.5, 0.6) is 0 Å². The summed E-state index contributed by atoms with van der Waals surface area (Å²) in [6, 6.07) is 4.44. The summed E-state index contributed by atoms with van der Waals surface area (Å²) in [6.45, 7) is 0. The van der Waals surface area contributed by atoms with Crippen molar-refractivity contribution in [1.29, 1.82) is 0 Å². The molecule has 0 saturated heterocycles. The normalized spacial score (nSPS) is 15.7.